The summed E-state index contributed by atoms with van der Waals surface area (Å²) in [5, 5.41) is 9.52. The van der Waals surface area contributed by atoms with Crippen molar-refractivity contribution in [2.75, 3.05) is 4.90 Å². The van der Waals surface area contributed by atoms with E-state index in [2.05, 4.69) is 120 Å². The first-order chi connectivity index (χ1) is 21.8. The second-order valence-corrected chi connectivity index (χ2v) is 12.4. The molecule has 0 saturated heterocycles. The van der Waals surface area contributed by atoms with Gasteiger partial charge in [-0.1, -0.05) is 78.9 Å². The summed E-state index contributed by atoms with van der Waals surface area (Å²) in [6.45, 7) is 0. The SMILES string of the molecule is c1ccc2c(c1)oc1ccc(N(c3ccc4oc5ccccc5c4c3)c3cc4sc5ccccc5c4c4ccccc34)cc12. The first-order valence-electron chi connectivity index (χ1n) is 14.8. The number of benzene rings is 7. The van der Waals surface area contributed by atoms with Crippen LogP contribution < -0.4 is 4.90 Å². The Kier molecular flexibility index (Phi) is 4.87. The number of furan rings is 2. The van der Waals surface area contributed by atoms with Crippen molar-refractivity contribution in [2.24, 2.45) is 0 Å². The van der Waals surface area contributed by atoms with Crippen molar-refractivity contribution in [1.82, 2.24) is 0 Å². The van der Waals surface area contributed by atoms with Crippen LogP contribution in [0, 0.1) is 0 Å². The number of thiophene rings is 1. The number of nitrogens with zero attached hydrogens (tertiary/aromatic N) is 1. The van der Waals surface area contributed by atoms with E-state index in [1.54, 1.807) is 0 Å². The molecule has 0 unspecified atom stereocenters. The minimum absolute atomic E-state index is 0.885. The van der Waals surface area contributed by atoms with E-state index >= 15 is 0 Å². The number of anilines is 3. The van der Waals surface area contributed by atoms with Gasteiger partial charge in [0, 0.05) is 58.5 Å². The number of hydrogen-bond donors (Lipinski definition) is 0. The van der Waals surface area contributed by atoms with Crippen LogP contribution in [0.25, 0.3) is 74.8 Å². The average Bonchev–Trinajstić information content (AvgIpc) is 3.76. The molecule has 0 amide bonds. The van der Waals surface area contributed by atoms with Crippen molar-refractivity contribution in [3.05, 3.63) is 140 Å². The highest BCUT2D eigenvalue weighted by Gasteiger charge is 2.21. The summed E-state index contributed by atoms with van der Waals surface area (Å²) in [6, 6.07) is 49.5. The molecule has 206 valence electrons. The molecule has 0 fully saturated rings. The summed E-state index contributed by atoms with van der Waals surface area (Å²) in [4.78, 5) is 2.40. The van der Waals surface area contributed by atoms with Gasteiger partial charge in [-0.25, -0.2) is 0 Å². The normalized spacial score (nSPS) is 12.1. The second-order valence-electron chi connectivity index (χ2n) is 11.3. The minimum Gasteiger partial charge on any atom is -0.456 e. The van der Waals surface area contributed by atoms with Crippen molar-refractivity contribution in [3.63, 3.8) is 0 Å². The van der Waals surface area contributed by atoms with Gasteiger partial charge < -0.3 is 13.7 Å². The summed E-state index contributed by atoms with van der Waals surface area (Å²) >= 11 is 1.85. The van der Waals surface area contributed by atoms with E-state index in [4.69, 9.17) is 8.83 Å². The van der Waals surface area contributed by atoms with Crippen molar-refractivity contribution in [2.45, 2.75) is 0 Å². The smallest absolute Gasteiger partial charge is 0.135 e. The number of para-hydroxylation sites is 2. The van der Waals surface area contributed by atoms with Gasteiger partial charge in [-0.3, -0.25) is 0 Å². The van der Waals surface area contributed by atoms with E-state index in [9.17, 15) is 0 Å². The molecule has 0 saturated carbocycles. The van der Waals surface area contributed by atoms with Crippen LogP contribution in [0.2, 0.25) is 0 Å². The third kappa shape index (κ3) is 3.37. The van der Waals surface area contributed by atoms with Crippen LogP contribution in [-0.4, -0.2) is 0 Å². The van der Waals surface area contributed by atoms with Crippen LogP contribution in [-0.2, 0) is 0 Å². The topological polar surface area (TPSA) is 29.5 Å². The first-order valence-corrected chi connectivity index (χ1v) is 15.6. The highest BCUT2D eigenvalue weighted by molar-refractivity contribution is 7.26. The van der Waals surface area contributed by atoms with Gasteiger partial charge in [-0.15, -0.1) is 11.3 Å². The molecule has 7 aromatic carbocycles. The van der Waals surface area contributed by atoms with Crippen LogP contribution >= 0.6 is 11.3 Å². The van der Waals surface area contributed by atoms with Crippen molar-refractivity contribution >= 4 is 103 Å². The molecule has 0 bridgehead atoms. The Morgan fingerprint density at radius 1 is 0.386 bits per heavy atom. The number of hydrogen-bond acceptors (Lipinski definition) is 4. The fourth-order valence-corrected chi connectivity index (χ4v) is 8.04. The van der Waals surface area contributed by atoms with Crippen LogP contribution in [0.3, 0.4) is 0 Å². The van der Waals surface area contributed by atoms with Crippen LogP contribution in [0.4, 0.5) is 17.1 Å². The lowest BCUT2D eigenvalue weighted by molar-refractivity contribution is 0.668. The van der Waals surface area contributed by atoms with Gasteiger partial charge in [0.1, 0.15) is 22.3 Å². The fourth-order valence-electron chi connectivity index (χ4n) is 6.89. The number of fused-ring (bicyclic) bond motifs is 11. The van der Waals surface area contributed by atoms with Gasteiger partial charge in [0.2, 0.25) is 0 Å². The molecule has 3 aromatic heterocycles. The monoisotopic (exact) mass is 581 g/mol. The number of rotatable bonds is 3. The molecular weight excluding hydrogens is 559 g/mol. The Morgan fingerprint density at radius 2 is 0.886 bits per heavy atom. The van der Waals surface area contributed by atoms with Gasteiger partial charge in [0.25, 0.3) is 0 Å². The molecule has 44 heavy (non-hydrogen) atoms. The molecule has 0 aliphatic heterocycles. The lowest BCUT2D eigenvalue weighted by Crippen LogP contribution is -2.10. The van der Waals surface area contributed by atoms with Crippen molar-refractivity contribution in [1.29, 1.82) is 0 Å². The Hall–Kier alpha value is -5.58. The van der Waals surface area contributed by atoms with Gasteiger partial charge in [0.15, 0.2) is 0 Å². The van der Waals surface area contributed by atoms with Crippen LogP contribution in [0.1, 0.15) is 0 Å². The Morgan fingerprint density at radius 3 is 1.52 bits per heavy atom. The predicted octanol–water partition coefficient (Wildman–Crippen LogP) is 12.5. The molecular formula is C40H23NO2S. The maximum absolute atomic E-state index is 6.23. The van der Waals surface area contributed by atoms with Crippen LogP contribution in [0.5, 0.6) is 0 Å². The van der Waals surface area contributed by atoms with Gasteiger partial charge in [-0.2, -0.15) is 0 Å². The van der Waals surface area contributed by atoms with E-state index in [1.807, 2.05) is 35.6 Å². The molecule has 0 spiro atoms. The maximum atomic E-state index is 6.23. The second kappa shape index (κ2) is 8.96. The Bertz CT molecular complexity index is 2630. The average molecular weight is 582 g/mol. The zero-order valence-corrected chi connectivity index (χ0v) is 24.3. The molecule has 0 aliphatic carbocycles. The van der Waals surface area contributed by atoms with Gasteiger partial charge in [0.05, 0.1) is 5.69 Å². The summed E-state index contributed by atoms with van der Waals surface area (Å²) in [5.74, 6) is 0. The molecule has 0 aliphatic rings. The van der Waals surface area contributed by atoms with Gasteiger partial charge >= 0.3 is 0 Å². The fraction of sp³-hybridized carbons (Fsp3) is 0. The third-order valence-electron chi connectivity index (χ3n) is 8.84. The Balaban J connectivity index is 1.32. The molecule has 0 N–H and O–H groups in total. The molecule has 10 aromatic rings. The summed E-state index contributed by atoms with van der Waals surface area (Å²) in [6.07, 6.45) is 0. The van der Waals surface area contributed by atoms with Crippen LogP contribution in [0.15, 0.2) is 148 Å². The quantitative estimate of drug-likeness (QED) is 0.208. The van der Waals surface area contributed by atoms with E-state index in [1.165, 1.54) is 30.9 Å². The molecule has 3 nitrogen and oxygen atoms in total. The molecule has 10 rings (SSSR count). The summed E-state index contributed by atoms with van der Waals surface area (Å²) in [7, 11) is 0. The van der Waals surface area contributed by atoms with Crippen molar-refractivity contribution < 1.29 is 8.83 Å². The van der Waals surface area contributed by atoms with E-state index < -0.39 is 0 Å². The summed E-state index contributed by atoms with van der Waals surface area (Å²) in [5.41, 5.74) is 6.85. The zero-order valence-electron chi connectivity index (χ0n) is 23.5. The predicted molar refractivity (Wildman–Crippen MR) is 186 cm³/mol. The largest absolute Gasteiger partial charge is 0.456 e. The maximum Gasteiger partial charge on any atom is 0.135 e. The minimum atomic E-state index is 0.885. The van der Waals surface area contributed by atoms with E-state index in [0.717, 1.165) is 60.9 Å². The molecule has 0 atom stereocenters. The van der Waals surface area contributed by atoms with E-state index in [-0.39, 0.29) is 0 Å². The lowest BCUT2D eigenvalue weighted by Gasteiger charge is -2.27. The zero-order chi connectivity index (χ0) is 28.8. The molecule has 0 radical (unpaired) electrons. The lowest BCUT2D eigenvalue weighted by atomic mass is 10.0. The Labute approximate surface area is 255 Å². The summed E-state index contributed by atoms with van der Waals surface area (Å²) < 4.78 is 15.0. The highest BCUT2D eigenvalue weighted by atomic mass is 32.1. The standard InChI is InChI=1S/C40H23NO2S/c1-2-12-29-26(9-1)33(23-39-40(29)30-13-5-8-16-38(30)44-39)41(24-17-19-36-31(21-24)27-10-3-6-14-34(27)42-36)25-18-20-37-32(22-25)28-11-4-7-15-35(28)43-37/h1-23H. The first kappa shape index (κ1) is 23.9. The molecule has 3 heterocycles. The van der Waals surface area contributed by atoms with Gasteiger partial charge in [-0.05, 0) is 66.0 Å². The van der Waals surface area contributed by atoms with E-state index in [0.29, 0.717) is 0 Å². The van der Waals surface area contributed by atoms with Crippen molar-refractivity contribution in [3.8, 4) is 0 Å². The molecule has 4 heteroatoms. The third-order valence-corrected chi connectivity index (χ3v) is 9.96. The highest BCUT2D eigenvalue weighted by Crippen LogP contribution is 2.47.